The highest BCUT2D eigenvalue weighted by Crippen LogP contribution is 2.41. The molecule has 0 atom stereocenters. The van der Waals surface area contributed by atoms with Gasteiger partial charge in [-0.05, 0) is 79.0 Å². The van der Waals surface area contributed by atoms with Gasteiger partial charge in [-0.1, -0.05) is 6.08 Å². The molecule has 0 saturated heterocycles. The molecule has 1 aliphatic rings. The molecule has 4 rings (SSSR count). The van der Waals surface area contributed by atoms with Crippen LogP contribution in [0.2, 0.25) is 0 Å². The molecule has 0 N–H and O–H groups in total. The smallest absolute Gasteiger partial charge is 0.153 e. The molecule has 0 bridgehead atoms. The second-order valence-electron chi connectivity index (χ2n) is 5.94. The van der Waals surface area contributed by atoms with E-state index in [0.717, 1.165) is 22.6 Å². The van der Waals surface area contributed by atoms with Crippen LogP contribution in [-0.2, 0) is 0 Å². The Morgan fingerprint density at radius 3 is 2.15 bits per heavy atom. The van der Waals surface area contributed by atoms with Gasteiger partial charge in [-0.15, -0.1) is 22.7 Å². The highest BCUT2D eigenvalue weighted by atomic mass is 32.1. The third-order valence-electron chi connectivity index (χ3n) is 4.27. The Labute approximate surface area is 163 Å². The molecule has 0 aliphatic heterocycles. The lowest BCUT2D eigenvalue weighted by Gasteiger charge is -2.02. The van der Waals surface area contributed by atoms with Crippen molar-refractivity contribution < 1.29 is 8.78 Å². The third kappa shape index (κ3) is 3.33. The zero-order chi connectivity index (χ0) is 18.1. The quantitative estimate of drug-likeness (QED) is 0.322. The summed E-state index contributed by atoms with van der Waals surface area (Å²) < 4.78 is 28.1. The summed E-state index contributed by atoms with van der Waals surface area (Å²) >= 11 is 7.72. The molecule has 2 heterocycles. The lowest BCUT2D eigenvalue weighted by molar-refractivity contribution is 0.588. The van der Waals surface area contributed by atoms with E-state index < -0.39 is 17.3 Å². The molecule has 1 aliphatic carbocycles. The molecule has 0 fully saturated rings. The summed E-state index contributed by atoms with van der Waals surface area (Å²) in [4.78, 5) is 7.84. The number of thiocarbonyl (C=S) groups is 1. The number of allylic oxidation sites excluding steroid dienone is 2. The van der Waals surface area contributed by atoms with Crippen molar-refractivity contribution in [1.29, 1.82) is 0 Å². The number of isothiocyanates is 1. The van der Waals surface area contributed by atoms with E-state index in [0.29, 0.717) is 5.56 Å². The van der Waals surface area contributed by atoms with Crippen LogP contribution in [0.1, 0.15) is 24.1 Å². The summed E-state index contributed by atoms with van der Waals surface area (Å²) in [6, 6.07) is 10.7. The zero-order valence-electron chi connectivity index (χ0n) is 13.6. The molecule has 2 aromatic heterocycles. The Morgan fingerprint density at radius 1 is 0.923 bits per heavy atom. The molecule has 0 saturated carbocycles. The van der Waals surface area contributed by atoms with Crippen LogP contribution < -0.4 is 0 Å². The molecule has 6 heteroatoms. The lowest BCUT2D eigenvalue weighted by atomic mass is 10.1. The molecule has 1 nitrogen and oxygen atoms in total. The minimum Gasteiger partial charge on any atom is -0.204 e. The summed E-state index contributed by atoms with van der Waals surface area (Å²) in [6.07, 6.45) is 5.84. The Kier molecular flexibility index (Phi) is 4.92. The monoisotopic (exact) mass is 401 g/mol. The Bertz CT molecular complexity index is 1030. The SMILES string of the molecule is Fc1cc(-c2ccc(-c3ccc(C4=CCCC4)s3)s2)cc(F)c1N=C=S. The molecular weight excluding hydrogens is 388 g/mol. The highest BCUT2D eigenvalue weighted by molar-refractivity contribution is 7.78. The number of hydrogen-bond acceptors (Lipinski definition) is 4. The fraction of sp³-hybridized carbons (Fsp3) is 0.150. The van der Waals surface area contributed by atoms with Gasteiger partial charge in [0.2, 0.25) is 0 Å². The Hall–Kier alpha value is -1.98. The first-order chi connectivity index (χ1) is 12.7. The van der Waals surface area contributed by atoms with E-state index in [1.165, 1.54) is 45.2 Å². The van der Waals surface area contributed by atoms with Crippen LogP contribution >= 0.6 is 34.9 Å². The maximum Gasteiger partial charge on any atom is 0.153 e. The van der Waals surface area contributed by atoms with E-state index >= 15 is 0 Å². The first-order valence-electron chi connectivity index (χ1n) is 8.12. The van der Waals surface area contributed by atoms with Crippen LogP contribution in [0.5, 0.6) is 0 Å². The van der Waals surface area contributed by atoms with Gasteiger partial charge in [0.1, 0.15) is 5.69 Å². The van der Waals surface area contributed by atoms with Crippen molar-refractivity contribution in [3.05, 3.63) is 59.0 Å². The van der Waals surface area contributed by atoms with Gasteiger partial charge in [-0.3, -0.25) is 0 Å². The molecule has 0 unspecified atom stereocenters. The molecule has 1 aromatic carbocycles. The molecule has 0 radical (unpaired) electrons. The third-order valence-corrected chi connectivity index (χ3v) is 6.85. The Balaban J connectivity index is 1.65. The van der Waals surface area contributed by atoms with Gasteiger partial charge in [-0.25, -0.2) is 8.78 Å². The number of nitrogens with zero attached hydrogens (tertiary/aromatic N) is 1. The summed E-state index contributed by atoms with van der Waals surface area (Å²) in [7, 11) is 0. The topological polar surface area (TPSA) is 12.4 Å². The van der Waals surface area contributed by atoms with Crippen LogP contribution in [0, 0.1) is 11.6 Å². The van der Waals surface area contributed by atoms with E-state index in [4.69, 9.17) is 0 Å². The molecule has 26 heavy (non-hydrogen) atoms. The fourth-order valence-corrected chi connectivity index (χ4v) is 5.27. The van der Waals surface area contributed by atoms with E-state index in [2.05, 4.69) is 35.4 Å². The van der Waals surface area contributed by atoms with Gasteiger partial charge in [0.05, 0.1) is 5.16 Å². The normalized spacial score (nSPS) is 13.5. The van der Waals surface area contributed by atoms with Crippen LogP contribution in [0.4, 0.5) is 14.5 Å². The fourth-order valence-electron chi connectivity index (χ4n) is 3.02. The minimum absolute atomic E-state index is 0.395. The van der Waals surface area contributed by atoms with Gasteiger partial charge in [0.15, 0.2) is 11.6 Å². The van der Waals surface area contributed by atoms with Crippen molar-refractivity contribution in [2.75, 3.05) is 0 Å². The van der Waals surface area contributed by atoms with E-state index in [1.807, 2.05) is 17.3 Å². The van der Waals surface area contributed by atoms with E-state index in [1.54, 1.807) is 11.3 Å². The van der Waals surface area contributed by atoms with Crippen molar-refractivity contribution in [2.45, 2.75) is 19.3 Å². The summed E-state index contributed by atoms with van der Waals surface area (Å²) in [5, 5.41) is 2.00. The molecule has 0 amide bonds. The number of halogens is 2. The highest BCUT2D eigenvalue weighted by Gasteiger charge is 2.15. The number of benzene rings is 1. The molecule has 3 aromatic rings. The average Bonchev–Trinajstić information content (AvgIpc) is 3.38. The average molecular weight is 402 g/mol. The first kappa shape index (κ1) is 17.4. The van der Waals surface area contributed by atoms with Crippen LogP contribution in [0.15, 0.2) is 47.5 Å². The van der Waals surface area contributed by atoms with Gasteiger partial charge in [0, 0.05) is 19.5 Å². The van der Waals surface area contributed by atoms with Crippen LogP contribution in [-0.4, -0.2) is 5.16 Å². The van der Waals surface area contributed by atoms with E-state index in [-0.39, 0.29) is 0 Å². The van der Waals surface area contributed by atoms with Gasteiger partial charge in [0.25, 0.3) is 0 Å². The number of hydrogen-bond donors (Lipinski definition) is 0. The largest absolute Gasteiger partial charge is 0.204 e. The van der Waals surface area contributed by atoms with Crippen molar-refractivity contribution in [1.82, 2.24) is 0 Å². The maximum atomic E-state index is 14.1. The standard InChI is InChI=1S/C20H13F2NS3/c21-14-9-13(10-15(22)20(14)23-11-24)17-6-8-19(26-17)18-7-5-16(25-18)12-3-1-2-4-12/h3,5-10H,1-2,4H2. The van der Waals surface area contributed by atoms with Crippen molar-refractivity contribution >= 4 is 51.3 Å². The number of thiophene rings is 2. The van der Waals surface area contributed by atoms with E-state index in [9.17, 15) is 8.78 Å². The van der Waals surface area contributed by atoms with Crippen LogP contribution in [0.25, 0.3) is 25.8 Å². The number of aliphatic imine (C=N–C) groups is 1. The van der Waals surface area contributed by atoms with Gasteiger partial charge >= 0.3 is 0 Å². The second-order valence-corrected chi connectivity index (χ2v) is 8.29. The Morgan fingerprint density at radius 2 is 1.54 bits per heavy atom. The van der Waals surface area contributed by atoms with Crippen molar-refractivity contribution in [3.63, 3.8) is 0 Å². The second kappa shape index (κ2) is 7.33. The molecular formula is C20H13F2NS3. The first-order valence-corrected chi connectivity index (χ1v) is 10.2. The predicted octanol–water partition coefficient (Wildman–Crippen LogP) is 7.72. The summed E-state index contributed by atoms with van der Waals surface area (Å²) in [5.41, 5.74) is 1.53. The number of rotatable bonds is 4. The zero-order valence-corrected chi connectivity index (χ0v) is 16.0. The minimum atomic E-state index is -0.737. The van der Waals surface area contributed by atoms with Crippen molar-refractivity contribution in [3.8, 4) is 20.2 Å². The van der Waals surface area contributed by atoms with Gasteiger partial charge < -0.3 is 0 Å². The van der Waals surface area contributed by atoms with Crippen LogP contribution in [0.3, 0.4) is 0 Å². The van der Waals surface area contributed by atoms with Crippen molar-refractivity contribution in [2.24, 2.45) is 4.99 Å². The summed E-state index contributed by atoms with van der Waals surface area (Å²) in [6.45, 7) is 0. The predicted molar refractivity (Wildman–Crippen MR) is 109 cm³/mol. The van der Waals surface area contributed by atoms with Gasteiger partial charge in [-0.2, -0.15) is 4.99 Å². The lowest BCUT2D eigenvalue weighted by Crippen LogP contribution is -1.85. The maximum absolute atomic E-state index is 14.1. The molecule has 0 spiro atoms. The summed E-state index contributed by atoms with van der Waals surface area (Å²) in [5.74, 6) is -1.47. The molecule has 130 valence electrons.